The molecule has 2 saturated carbocycles. The van der Waals surface area contributed by atoms with Gasteiger partial charge >= 0.3 is 6.18 Å². The van der Waals surface area contributed by atoms with E-state index in [2.05, 4.69) is 5.32 Å². The first-order valence-corrected chi connectivity index (χ1v) is 16.1. The second-order valence-corrected chi connectivity index (χ2v) is 15.2. The van der Waals surface area contributed by atoms with E-state index in [1.807, 2.05) is 20.8 Å². The van der Waals surface area contributed by atoms with Gasteiger partial charge in [0.1, 0.15) is 0 Å². The van der Waals surface area contributed by atoms with Crippen LogP contribution in [0, 0.1) is 39.9 Å². The summed E-state index contributed by atoms with van der Waals surface area (Å²) in [7, 11) is 0. The molecule has 6 atom stereocenters. The number of primary amides is 1. The maximum atomic E-state index is 14.5. The van der Waals surface area contributed by atoms with Gasteiger partial charge in [-0.15, -0.1) is 0 Å². The number of carbonyl (C=O) groups is 3. The van der Waals surface area contributed by atoms with Gasteiger partial charge in [-0.05, 0) is 57.3 Å². The van der Waals surface area contributed by atoms with Crippen molar-refractivity contribution in [3.05, 3.63) is 0 Å². The van der Waals surface area contributed by atoms with Crippen LogP contribution in [0.3, 0.4) is 0 Å². The van der Waals surface area contributed by atoms with Crippen LogP contribution in [0.1, 0.15) is 65.7 Å². The number of likely N-dealkylation sites (tertiary alicyclic amines) is 2. The summed E-state index contributed by atoms with van der Waals surface area (Å²) in [5, 5.41) is 3.29. The first-order valence-electron chi connectivity index (χ1n) is 16.1. The van der Waals surface area contributed by atoms with Gasteiger partial charge in [-0.1, -0.05) is 13.8 Å². The number of nitrogens with two attached hydrogens (primary N) is 1. The van der Waals surface area contributed by atoms with Crippen molar-refractivity contribution in [2.75, 3.05) is 45.9 Å². The third-order valence-electron chi connectivity index (χ3n) is 12.0. The number of hydrogen-bond donors (Lipinski definition) is 2. The molecule has 7 aliphatic rings. The molecule has 3 unspecified atom stereocenters. The normalized spacial score (nSPS) is 38.6. The van der Waals surface area contributed by atoms with Crippen molar-refractivity contribution in [3.8, 4) is 0 Å². The van der Waals surface area contributed by atoms with Crippen LogP contribution in [0.4, 0.5) is 13.2 Å². The number of nitrogens with zero attached hydrogens (tertiary/aromatic N) is 2. The Morgan fingerprint density at radius 2 is 1.74 bits per heavy atom. The molecule has 1 spiro atoms. The molecule has 0 aromatic heterocycles. The predicted molar refractivity (Wildman–Crippen MR) is 150 cm³/mol. The Kier molecular flexibility index (Phi) is 7.85. The highest BCUT2D eigenvalue weighted by Crippen LogP contribution is 2.57. The third-order valence-corrected chi connectivity index (χ3v) is 12.0. The second-order valence-electron chi connectivity index (χ2n) is 15.2. The molecule has 7 fully saturated rings. The van der Waals surface area contributed by atoms with Crippen molar-refractivity contribution >= 4 is 17.7 Å². The van der Waals surface area contributed by atoms with E-state index in [0.717, 1.165) is 32.1 Å². The molecule has 242 valence electrons. The minimum Gasteiger partial charge on any atom is -0.378 e. The molecule has 5 saturated heterocycles. The highest BCUT2D eigenvalue weighted by molar-refractivity contribution is 5.88. The van der Waals surface area contributed by atoms with E-state index in [1.165, 1.54) is 4.90 Å². The molecule has 0 aromatic carbocycles. The number of carbonyl (C=O) groups excluding carboxylic acids is 3. The fourth-order valence-corrected chi connectivity index (χ4v) is 8.84. The van der Waals surface area contributed by atoms with Crippen molar-refractivity contribution in [1.29, 1.82) is 0 Å². The van der Waals surface area contributed by atoms with Crippen LogP contribution in [0.5, 0.6) is 0 Å². The zero-order valence-electron chi connectivity index (χ0n) is 25.6. The van der Waals surface area contributed by atoms with Crippen LogP contribution >= 0.6 is 0 Å². The zero-order chi connectivity index (χ0) is 30.9. The minimum absolute atomic E-state index is 0.00772. The summed E-state index contributed by atoms with van der Waals surface area (Å²) in [5.74, 6) is -3.84. The summed E-state index contributed by atoms with van der Waals surface area (Å²) in [4.78, 5) is 44.4. The highest BCUT2D eigenvalue weighted by atomic mass is 19.4. The Morgan fingerprint density at radius 3 is 2.28 bits per heavy atom. The molecule has 2 aliphatic carbocycles. The first-order chi connectivity index (χ1) is 20.2. The Labute approximate surface area is 251 Å². The minimum atomic E-state index is -4.30. The molecule has 2 bridgehead atoms. The number of amides is 3. The van der Waals surface area contributed by atoms with E-state index < -0.39 is 47.4 Å². The maximum absolute atomic E-state index is 14.5. The quantitative estimate of drug-likeness (QED) is 0.436. The van der Waals surface area contributed by atoms with Crippen LogP contribution in [-0.4, -0.2) is 97.9 Å². The monoisotopic (exact) mass is 612 g/mol. The average Bonchev–Trinajstić information content (AvgIpc) is 3.37. The van der Waals surface area contributed by atoms with Gasteiger partial charge in [0.2, 0.25) is 17.7 Å². The SMILES string of the molecule is C[C@@H](OCC12CCC(CC1)OC2)[C@@H](C(=O)N1CCC(C(F)(F)F)CC1)C1N(C(=O)[C@H]2CC2(C)C)CC12CNCC2C(N)=O. The van der Waals surface area contributed by atoms with Crippen molar-refractivity contribution in [3.63, 3.8) is 0 Å². The van der Waals surface area contributed by atoms with Crippen molar-refractivity contribution in [2.24, 2.45) is 45.7 Å². The number of nitrogens with one attached hydrogen (secondary N) is 1. The molecule has 0 radical (unpaired) electrons. The predicted octanol–water partition coefficient (Wildman–Crippen LogP) is 2.72. The molecule has 9 nitrogen and oxygen atoms in total. The highest BCUT2D eigenvalue weighted by Gasteiger charge is 2.68. The van der Waals surface area contributed by atoms with Crippen LogP contribution in [0.25, 0.3) is 0 Å². The van der Waals surface area contributed by atoms with Gasteiger partial charge in [-0.25, -0.2) is 0 Å². The molecule has 3 N–H and O–H groups in total. The fourth-order valence-electron chi connectivity index (χ4n) is 8.84. The third kappa shape index (κ3) is 5.47. The van der Waals surface area contributed by atoms with Gasteiger partial charge in [0.15, 0.2) is 0 Å². The smallest absolute Gasteiger partial charge is 0.378 e. The summed E-state index contributed by atoms with van der Waals surface area (Å²) in [6.45, 7) is 8.03. The molecule has 43 heavy (non-hydrogen) atoms. The molecule has 5 aliphatic heterocycles. The van der Waals surface area contributed by atoms with Gasteiger partial charge in [0.05, 0.1) is 49.2 Å². The average molecular weight is 613 g/mol. The number of piperidine rings is 1. The van der Waals surface area contributed by atoms with E-state index >= 15 is 0 Å². The number of alkyl halides is 3. The molecule has 3 amide bonds. The standard InChI is InChI=1S/C31H47F3N4O5/c1-18(42-16-29-8-4-20(5-9-29)43-17-29)23(27(41)37-10-6-19(7-11-37)31(32,33)34)24-30(14-36-13-22(30)25(35)39)15-38(24)26(40)21-12-28(21,2)3/h18-24,36H,4-17H2,1-3H3,(H2,35,39)/t18-,20?,21-,22?,23-,24?,29?,30?/m1/s1. The van der Waals surface area contributed by atoms with Crippen LogP contribution in [0.15, 0.2) is 0 Å². The van der Waals surface area contributed by atoms with Crippen molar-refractivity contribution in [2.45, 2.75) is 90.1 Å². The molecular weight excluding hydrogens is 565 g/mol. The fraction of sp³-hybridized carbons (Fsp3) is 0.903. The summed E-state index contributed by atoms with van der Waals surface area (Å²) in [5.41, 5.74) is 4.89. The topological polar surface area (TPSA) is 114 Å². The Balaban J connectivity index is 1.30. The van der Waals surface area contributed by atoms with E-state index in [1.54, 1.807) is 4.90 Å². The number of halogens is 3. The molecule has 0 aromatic rings. The molecule has 5 heterocycles. The van der Waals surface area contributed by atoms with Crippen molar-refractivity contribution < 1.29 is 37.0 Å². The number of ether oxygens (including phenoxy) is 2. The number of hydrogen-bond acceptors (Lipinski definition) is 6. The number of fused-ring (bicyclic) bond motifs is 3. The Morgan fingerprint density at radius 1 is 1.09 bits per heavy atom. The van der Waals surface area contributed by atoms with Gasteiger partial charge in [0, 0.05) is 49.5 Å². The van der Waals surface area contributed by atoms with Crippen LogP contribution in [0.2, 0.25) is 0 Å². The zero-order valence-corrected chi connectivity index (χ0v) is 25.6. The summed E-state index contributed by atoms with van der Waals surface area (Å²) in [6.07, 6.45) is -0.274. The lowest BCUT2D eigenvalue weighted by atomic mass is 9.59. The summed E-state index contributed by atoms with van der Waals surface area (Å²) >= 11 is 0. The summed E-state index contributed by atoms with van der Waals surface area (Å²) in [6, 6.07) is -0.650. The van der Waals surface area contributed by atoms with Crippen molar-refractivity contribution in [1.82, 2.24) is 15.1 Å². The number of rotatable bonds is 8. The van der Waals surface area contributed by atoms with Gasteiger partial charge < -0.3 is 30.3 Å². The lowest BCUT2D eigenvalue weighted by Crippen LogP contribution is -2.75. The molecular formula is C31H47F3N4O5. The van der Waals surface area contributed by atoms with Crippen LogP contribution in [-0.2, 0) is 23.9 Å². The van der Waals surface area contributed by atoms with E-state index in [-0.39, 0.29) is 54.5 Å². The lowest BCUT2D eigenvalue weighted by Gasteiger charge is -2.61. The molecule has 7 rings (SSSR count). The first kappa shape index (κ1) is 31.1. The van der Waals surface area contributed by atoms with E-state index in [9.17, 15) is 27.6 Å². The lowest BCUT2D eigenvalue weighted by molar-refractivity contribution is -0.198. The second kappa shape index (κ2) is 10.9. The Bertz CT molecular complexity index is 1100. The Hall–Kier alpha value is -1.92. The van der Waals surface area contributed by atoms with Gasteiger partial charge in [-0.2, -0.15) is 13.2 Å². The van der Waals surface area contributed by atoms with E-state index in [4.69, 9.17) is 15.2 Å². The van der Waals surface area contributed by atoms with Gasteiger partial charge in [-0.3, -0.25) is 14.4 Å². The molecule has 12 heteroatoms. The van der Waals surface area contributed by atoms with E-state index in [0.29, 0.717) is 39.0 Å². The maximum Gasteiger partial charge on any atom is 0.391 e. The van der Waals surface area contributed by atoms with Gasteiger partial charge in [0.25, 0.3) is 0 Å². The summed E-state index contributed by atoms with van der Waals surface area (Å²) < 4.78 is 53.0. The largest absolute Gasteiger partial charge is 0.391 e. The van der Waals surface area contributed by atoms with Crippen LogP contribution < -0.4 is 11.1 Å².